The molecule has 0 unspecified atom stereocenters. The molecule has 4 heteroatoms. The molecule has 2 atom stereocenters. The van der Waals surface area contributed by atoms with Gasteiger partial charge in [-0.2, -0.15) is 0 Å². The van der Waals surface area contributed by atoms with Gasteiger partial charge in [-0.05, 0) is 19.9 Å². The number of rotatable bonds is 6. The summed E-state index contributed by atoms with van der Waals surface area (Å²) in [6, 6.07) is 0. The van der Waals surface area contributed by atoms with Gasteiger partial charge in [0.1, 0.15) is 0 Å². The number of hydrogen-bond acceptors (Lipinski definition) is 3. The molecular weight excluding hydrogens is 216 g/mol. The lowest BCUT2D eigenvalue weighted by atomic mass is 10.0. The summed E-state index contributed by atoms with van der Waals surface area (Å²) in [5, 5.41) is 13.1. The van der Waals surface area contributed by atoms with Crippen LogP contribution < -0.4 is 5.32 Å². The van der Waals surface area contributed by atoms with Gasteiger partial charge in [-0.25, -0.2) is 0 Å². The average Bonchev–Trinajstić information content (AvgIpc) is 2.63. The van der Waals surface area contributed by atoms with E-state index in [1.807, 2.05) is 14.0 Å². The van der Waals surface area contributed by atoms with Crippen molar-refractivity contribution in [2.45, 2.75) is 45.1 Å². The number of likely N-dealkylation sites (tertiary alicyclic amines) is 1. The molecule has 1 fully saturated rings. The Balaban J connectivity index is 2.27. The fourth-order valence-corrected chi connectivity index (χ4v) is 2.27. The monoisotopic (exact) mass is 242 g/mol. The van der Waals surface area contributed by atoms with E-state index in [4.69, 9.17) is 0 Å². The predicted molar refractivity (Wildman–Crippen MR) is 68.8 cm³/mol. The highest BCUT2D eigenvalue weighted by Crippen LogP contribution is 2.19. The second kappa shape index (κ2) is 6.36. The van der Waals surface area contributed by atoms with Gasteiger partial charge >= 0.3 is 0 Å². The maximum atomic E-state index is 11.8. The van der Waals surface area contributed by atoms with Crippen LogP contribution in [0.1, 0.15) is 39.5 Å². The van der Waals surface area contributed by atoms with Crippen molar-refractivity contribution in [3.05, 3.63) is 0 Å². The summed E-state index contributed by atoms with van der Waals surface area (Å²) in [6.45, 7) is 6.01. The number of nitrogens with one attached hydrogen (secondary N) is 1. The minimum atomic E-state index is -0.727. The van der Waals surface area contributed by atoms with Gasteiger partial charge < -0.3 is 15.3 Å². The summed E-state index contributed by atoms with van der Waals surface area (Å²) in [7, 11) is 1.99. The molecule has 1 saturated heterocycles. The van der Waals surface area contributed by atoms with Gasteiger partial charge in [0, 0.05) is 25.6 Å². The Morgan fingerprint density at radius 1 is 1.59 bits per heavy atom. The molecule has 1 heterocycles. The summed E-state index contributed by atoms with van der Waals surface area (Å²) in [4.78, 5) is 13.9. The van der Waals surface area contributed by atoms with Gasteiger partial charge in [0.2, 0.25) is 5.91 Å². The smallest absolute Gasteiger partial charge is 0.222 e. The van der Waals surface area contributed by atoms with Crippen molar-refractivity contribution in [2.75, 3.05) is 26.7 Å². The van der Waals surface area contributed by atoms with Crippen LogP contribution in [-0.4, -0.2) is 48.2 Å². The molecule has 0 bridgehead atoms. The van der Waals surface area contributed by atoms with Crippen LogP contribution in [0.3, 0.4) is 0 Å². The zero-order valence-electron chi connectivity index (χ0n) is 11.3. The van der Waals surface area contributed by atoms with Gasteiger partial charge in [0.15, 0.2) is 0 Å². The first-order chi connectivity index (χ1) is 7.97. The largest absolute Gasteiger partial charge is 0.387 e. The lowest BCUT2D eigenvalue weighted by Gasteiger charge is -2.23. The Kier molecular flexibility index (Phi) is 5.40. The topological polar surface area (TPSA) is 52.6 Å². The highest BCUT2D eigenvalue weighted by Gasteiger charge is 2.34. The molecule has 4 nitrogen and oxygen atoms in total. The van der Waals surface area contributed by atoms with Crippen LogP contribution in [0.5, 0.6) is 0 Å². The molecule has 100 valence electrons. The van der Waals surface area contributed by atoms with Crippen LogP contribution >= 0.6 is 0 Å². The number of carbonyl (C=O) groups excluding carboxylic acids is 1. The first kappa shape index (κ1) is 14.5. The fourth-order valence-electron chi connectivity index (χ4n) is 2.27. The van der Waals surface area contributed by atoms with Crippen molar-refractivity contribution in [3.8, 4) is 0 Å². The molecular formula is C13H26N2O2. The number of amides is 1. The predicted octanol–water partition coefficient (Wildman–Crippen LogP) is 0.995. The molecule has 1 aliphatic rings. The number of β-amino-alcohol motifs (C(OH)–C–C–N with tert-alkyl or cyclic N) is 1. The molecule has 0 aliphatic carbocycles. The lowest BCUT2D eigenvalue weighted by molar-refractivity contribution is -0.125. The summed E-state index contributed by atoms with van der Waals surface area (Å²) in [5.74, 6) is 0.124. The second-order valence-electron chi connectivity index (χ2n) is 5.47. The molecule has 1 amide bonds. The molecule has 1 aliphatic heterocycles. The first-order valence-electron chi connectivity index (χ1n) is 6.65. The normalized spacial score (nSPS) is 27.1. The van der Waals surface area contributed by atoms with Crippen molar-refractivity contribution < 1.29 is 9.90 Å². The van der Waals surface area contributed by atoms with Crippen molar-refractivity contribution in [1.29, 1.82) is 0 Å². The number of unbranched alkanes of at least 4 members (excludes halogenated alkanes) is 1. The maximum Gasteiger partial charge on any atom is 0.222 e. The zero-order valence-corrected chi connectivity index (χ0v) is 11.3. The summed E-state index contributed by atoms with van der Waals surface area (Å²) < 4.78 is 0. The Hall–Kier alpha value is -0.610. The number of carbonyl (C=O) groups is 1. The molecule has 0 aromatic heterocycles. The number of aliphatic hydroxyl groups is 1. The minimum absolute atomic E-state index is 0.0534. The number of nitrogens with zero attached hydrogens (tertiary/aromatic N) is 1. The summed E-state index contributed by atoms with van der Waals surface area (Å²) in [5.41, 5.74) is -0.727. The van der Waals surface area contributed by atoms with Gasteiger partial charge in [-0.1, -0.05) is 26.7 Å². The van der Waals surface area contributed by atoms with Crippen LogP contribution in [0.4, 0.5) is 0 Å². The van der Waals surface area contributed by atoms with Crippen molar-refractivity contribution in [2.24, 2.45) is 5.92 Å². The van der Waals surface area contributed by atoms with Crippen molar-refractivity contribution >= 4 is 5.91 Å². The van der Waals surface area contributed by atoms with Crippen LogP contribution in [0.25, 0.3) is 0 Å². The molecule has 0 spiro atoms. The SMILES string of the molecule is CCCC[C@@H](C)C(=O)NC[C@@]1(O)CCN(C)C1. The van der Waals surface area contributed by atoms with E-state index in [-0.39, 0.29) is 11.8 Å². The second-order valence-corrected chi connectivity index (χ2v) is 5.47. The van der Waals surface area contributed by atoms with E-state index in [0.717, 1.165) is 32.2 Å². The van der Waals surface area contributed by atoms with E-state index >= 15 is 0 Å². The van der Waals surface area contributed by atoms with Gasteiger partial charge in [0.25, 0.3) is 0 Å². The van der Waals surface area contributed by atoms with Crippen LogP contribution in [-0.2, 0) is 4.79 Å². The Bertz CT molecular complexity index is 258. The quantitative estimate of drug-likeness (QED) is 0.730. The molecule has 0 aromatic carbocycles. The van der Waals surface area contributed by atoms with E-state index < -0.39 is 5.60 Å². The number of likely N-dealkylation sites (N-methyl/N-ethyl adjacent to an activating group) is 1. The lowest BCUT2D eigenvalue weighted by Crippen LogP contribution is -2.45. The summed E-state index contributed by atoms with van der Waals surface area (Å²) in [6.07, 6.45) is 3.88. The third-order valence-electron chi connectivity index (χ3n) is 3.55. The molecule has 2 N–H and O–H groups in total. The third-order valence-corrected chi connectivity index (χ3v) is 3.55. The van der Waals surface area contributed by atoms with Gasteiger partial charge in [-0.3, -0.25) is 4.79 Å². The fraction of sp³-hybridized carbons (Fsp3) is 0.923. The van der Waals surface area contributed by atoms with Crippen LogP contribution in [0.15, 0.2) is 0 Å². The summed E-state index contributed by atoms with van der Waals surface area (Å²) >= 11 is 0. The first-order valence-corrected chi connectivity index (χ1v) is 6.65. The number of hydrogen-bond donors (Lipinski definition) is 2. The van der Waals surface area contributed by atoms with E-state index in [9.17, 15) is 9.90 Å². The average molecular weight is 242 g/mol. The van der Waals surface area contributed by atoms with Crippen LogP contribution in [0.2, 0.25) is 0 Å². The van der Waals surface area contributed by atoms with Gasteiger partial charge in [-0.15, -0.1) is 0 Å². The highest BCUT2D eigenvalue weighted by molar-refractivity contribution is 5.78. The maximum absolute atomic E-state index is 11.8. The van der Waals surface area contributed by atoms with Gasteiger partial charge in [0.05, 0.1) is 5.60 Å². The third kappa shape index (κ3) is 4.64. The van der Waals surface area contributed by atoms with Crippen LogP contribution in [0, 0.1) is 5.92 Å². The molecule has 0 aromatic rings. The van der Waals surface area contributed by atoms with Crippen molar-refractivity contribution in [1.82, 2.24) is 10.2 Å². The zero-order chi connectivity index (χ0) is 12.9. The molecule has 0 radical (unpaired) electrons. The molecule has 17 heavy (non-hydrogen) atoms. The minimum Gasteiger partial charge on any atom is -0.387 e. The molecule has 1 rings (SSSR count). The van der Waals surface area contributed by atoms with Crippen molar-refractivity contribution in [3.63, 3.8) is 0 Å². The van der Waals surface area contributed by atoms with E-state index in [0.29, 0.717) is 13.1 Å². The highest BCUT2D eigenvalue weighted by atomic mass is 16.3. The standard InChI is InChI=1S/C13H26N2O2/c1-4-5-6-11(2)12(16)14-9-13(17)7-8-15(3)10-13/h11,17H,4-10H2,1-3H3,(H,14,16)/t11-,13+/m1/s1. The van der Waals surface area contributed by atoms with E-state index in [1.165, 1.54) is 0 Å². The van der Waals surface area contributed by atoms with E-state index in [2.05, 4.69) is 17.1 Å². The van der Waals surface area contributed by atoms with E-state index in [1.54, 1.807) is 0 Å². The molecule has 0 saturated carbocycles. The Labute approximate surface area is 104 Å². The Morgan fingerprint density at radius 3 is 2.82 bits per heavy atom. The Morgan fingerprint density at radius 2 is 2.29 bits per heavy atom.